The number of anilines is 2. The molecule has 1 atom stereocenters. The van der Waals surface area contributed by atoms with Gasteiger partial charge in [-0.05, 0) is 71.3 Å². The van der Waals surface area contributed by atoms with Crippen molar-refractivity contribution in [2.24, 2.45) is 0 Å². The van der Waals surface area contributed by atoms with Gasteiger partial charge in [-0.15, -0.1) is 0 Å². The van der Waals surface area contributed by atoms with E-state index in [-0.39, 0.29) is 5.71 Å². The second-order valence-electron chi connectivity index (χ2n) is 5.60. The molecular weight excluding hydrogens is 479 g/mol. The van der Waals surface area contributed by atoms with Crippen molar-refractivity contribution < 1.29 is 9.18 Å². The first-order valence-electron chi connectivity index (χ1n) is 7.72. The minimum Gasteiger partial charge on any atom is -0.358 e. The number of nitrogens with zero attached hydrogens (tertiary/aromatic N) is 2. The average molecular weight is 495 g/mol. The quantitative estimate of drug-likeness (QED) is 0.230. The van der Waals surface area contributed by atoms with Gasteiger partial charge in [0.15, 0.2) is 5.83 Å². The van der Waals surface area contributed by atoms with E-state index < -0.39 is 11.7 Å². The third-order valence-electron chi connectivity index (χ3n) is 3.59. The van der Waals surface area contributed by atoms with Gasteiger partial charge in [-0.3, -0.25) is 15.2 Å². The number of aromatic nitrogens is 1. The lowest BCUT2D eigenvalue weighted by Gasteiger charge is -2.10. The maximum atomic E-state index is 14.4. The molecule has 1 amide bonds. The van der Waals surface area contributed by atoms with Crippen molar-refractivity contribution in [2.45, 2.75) is 13.8 Å². The van der Waals surface area contributed by atoms with Crippen LogP contribution in [0.15, 0.2) is 36.3 Å². The van der Waals surface area contributed by atoms with Crippen LogP contribution in [0.25, 0.3) is 6.08 Å². The van der Waals surface area contributed by atoms with E-state index in [1.807, 2.05) is 6.92 Å². The minimum absolute atomic E-state index is 0.191. The molecule has 2 aromatic rings. The summed E-state index contributed by atoms with van der Waals surface area (Å²) in [5, 5.41) is 22.2. The third-order valence-corrected chi connectivity index (χ3v) is 4.76. The molecule has 0 bridgehead atoms. The zero-order valence-corrected chi connectivity index (χ0v) is 17.7. The summed E-state index contributed by atoms with van der Waals surface area (Å²) in [4.78, 5) is 16.3. The first-order chi connectivity index (χ1) is 12.8. The number of nitriles is 1. The molecule has 0 saturated carbocycles. The lowest BCUT2D eigenvalue weighted by Crippen LogP contribution is -2.13. The number of pyridine rings is 1. The van der Waals surface area contributed by atoms with Crippen molar-refractivity contribution in [3.05, 3.63) is 58.7 Å². The fraction of sp³-hybridized carbons (Fsp3) is 0.111. The first-order valence-corrected chi connectivity index (χ1v) is 11.8. The Labute approximate surface area is 171 Å². The summed E-state index contributed by atoms with van der Waals surface area (Å²) in [6, 6.07) is 8.20. The summed E-state index contributed by atoms with van der Waals surface area (Å²) in [5.74, 6) is -1.83. The van der Waals surface area contributed by atoms with Gasteiger partial charge < -0.3 is 10.4 Å². The predicted molar refractivity (Wildman–Crippen MR) is 116 cm³/mol. The molecule has 2 rings (SSSR count). The van der Waals surface area contributed by atoms with Crippen molar-refractivity contribution in [3.63, 3.8) is 0 Å². The second kappa shape index (κ2) is 9.53. The highest BCUT2D eigenvalue weighted by Crippen LogP contribution is 2.29. The molecule has 1 unspecified atom stereocenters. The van der Waals surface area contributed by atoms with Crippen LogP contribution in [0.4, 0.5) is 15.8 Å². The van der Waals surface area contributed by atoms with Gasteiger partial charge >= 0.3 is 0 Å². The molecule has 0 saturated heterocycles. The highest BCUT2D eigenvalue weighted by molar-refractivity contribution is 14.2. The van der Waals surface area contributed by atoms with E-state index in [9.17, 15) is 9.18 Å². The SMILES string of the molecule is Cc1cnc(C)c(NC(=O)/C(F)=C/c2ccc(C(=N)C#N)c(NPI)c2)c1. The van der Waals surface area contributed by atoms with Crippen molar-refractivity contribution in [3.8, 4) is 6.07 Å². The highest BCUT2D eigenvalue weighted by Gasteiger charge is 2.13. The summed E-state index contributed by atoms with van der Waals surface area (Å²) < 4.78 is 14.4. The fourth-order valence-corrected chi connectivity index (χ4v) is 3.42. The van der Waals surface area contributed by atoms with E-state index in [0.717, 1.165) is 11.6 Å². The van der Waals surface area contributed by atoms with Crippen molar-refractivity contribution in [1.29, 1.82) is 10.7 Å². The Morgan fingerprint density at radius 1 is 1.37 bits per heavy atom. The van der Waals surface area contributed by atoms with Crippen molar-refractivity contribution >= 4 is 57.5 Å². The summed E-state index contributed by atoms with van der Waals surface area (Å²) in [6.45, 7) is 3.55. The zero-order valence-electron chi connectivity index (χ0n) is 14.5. The van der Waals surface area contributed by atoms with Crippen molar-refractivity contribution in [1.82, 2.24) is 4.98 Å². The first kappa shape index (κ1) is 20.9. The van der Waals surface area contributed by atoms with Gasteiger partial charge in [-0.2, -0.15) is 5.26 Å². The normalized spacial score (nSPS) is 11.3. The van der Waals surface area contributed by atoms with E-state index in [0.29, 0.717) is 34.6 Å². The molecule has 0 aliphatic heterocycles. The number of carbonyl (C=O) groups excluding carboxylic acids is 1. The molecule has 0 aliphatic rings. The van der Waals surface area contributed by atoms with Gasteiger partial charge in [0.25, 0.3) is 5.91 Å². The van der Waals surface area contributed by atoms with E-state index in [4.69, 9.17) is 10.7 Å². The molecule has 9 heteroatoms. The summed E-state index contributed by atoms with van der Waals surface area (Å²) >= 11 is 2.11. The summed E-state index contributed by atoms with van der Waals surface area (Å²) in [5.41, 5.74) is 3.11. The molecule has 1 aromatic carbocycles. The molecule has 0 aliphatic carbocycles. The van der Waals surface area contributed by atoms with E-state index in [1.165, 1.54) is 0 Å². The molecule has 3 N–H and O–H groups in total. The Balaban J connectivity index is 2.27. The Bertz CT molecular complexity index is 971. The Kier molecular flexibility index (Phi) is 7.39. The van der Waals surface area contributed by atoms with Crippen LogP contribution in [0.5, 0.6) is 0 Å². The van der Waals surface area contributed by atoms with Crippen LogP contribution in [0.3, 0.4) is 0 Å². The maximum Gasteiger partial charge on any atom is 0.284 e. The second-order valence-corrected chi connectivity index (χ2v) is 7.66. The third kappa shape index (κ3) is 5.55. The molecule has 27 heavy (non-hydrogen) atoms. The van der Waals surface area contributed by atoms with Crippen molar-refractivity contribution in [2.75, 3.05) is 10.4 Å². The number of halogens is 2. The monoisotopic (exact) mass is 495 g/mol. The number of nitrogens with one attached hydrogen (secondary N) is 3. The Morgan fingerprint density at radius 2 is 2.11 bits per heavy atom. The van der Waals surface area contributed by atoms with Gasteiger partial charge in [-0.1, -0.05) is 6.07 Å². The lowest BCUT2D eigenvalue weighted by atomic mass is 10.1. The maximum absolute atomic E-state index is 14.4. The van der Waals surface area contributed by atoms with Crippen LogP contribution >= 0.6 is 28.4 Å². The molecule has 0 radical (unpaired) electrons. The lowest BCUT2D eigenvalue weighted by molar-refractivity contribution is -0.114. The van der Waals surface area contributed by atoms with E-state index in [2.05, 4.69) is 37.4 Å². The highest BCUT2D eigenvalue weighted by atomic mass is 127. The number of aryl methyl sites for hydroxylation is 2. The summed E-state index contributed by atoms with van der Waals surface area (Å²) in [7, 11) is 0. The van der Waals surface area contributed by atoms with E-state index >= 15 is 0 Å². The summed E-state index contributed by atoms with van der Waals surface area (Å²) in [6.07, 6.45) is 3.08. The van der Waals surface area contributed by atoms with Crippen LogP contribution in [0.1, 0.15) is 22.4 Å². The van der Waals surface area contributed by atoms with Crippen LogP contribution in [-0.4, -0.2) is 16.6 Å². The standard InChI is InChI=1S/C18H16FIN5OP/c1-10-5-16(11(2)23-9-10)24-18(26)14(19)6-12-3-4-13(15(22)8-21)17(7-12)25-27-20/h3-7,9,22,25,27H,1-2H3,(H,24,26)/b14-6-,22-15?. The number of carbonyl (C=O) groups is 1. The van der Waals surface area contributed by atoms with Gasteiger partial charge in [-0.25, -0.2) is 4.39 Å². The van der Waals surface area contributed by atoms with Crippen LogP contribution in [0, 0.1) is 30.6 Å². The molecule has 138 valence electrons. The van der Waals surface area contributed by atoms with Gasteiger partial charge in [0.2, 0.25) is 0 Å². The Morgan fingerprint density at radius 3 is 2.78 bits per heavy atom. The van der Waals surface area contributed by atoms with Gasteiger partial charge in [0.1, 0.15) is 11.8 Å². The number of amides is 1. The van der Waals surface area contributed by atoms with Crippen LogP contribution < -0.4 is 10.4 Å². The molecule has 0 fully saturated rings. The van der Waals surface area contributed by atoms with Crippen LogP contribution in [0.2, 0.25) is 0 Å². The predicted octanol–water partition coefficient (Wildman–Crippen LogP) is 4.89. The number of rotatable bonds is 6. The molecule has 6 nitrogen and oxygen atoms in total. The number of hydrogen-bond donors (Lipinski definition) is 3. The van der Waals surface area contributed by atoms with Gasteiger partial charge in [0, 0.05) is 23.8 Å². The number of hydrogen-bond acceptors (Lipinski definition) is 5. The molecule has 0 spiro atoms. The average Bonchev–Trinajstić information content (AvgIpc) is 2.64. The molecule has 1 aromatic heterocycles. The number of benzene rings is 1. The zero-order chi connectivity index (χ0) is 20.0. The topological polar surface area (TPSA) is 102 Å². The molecular formula is C18H16FIN5OP. The van der Waals surface area contributed by atoms with Crippen LogP contribution in [-0.2, 0) is 4.79 Å². The Hall–Kier alpha value is -2.37. The minimum atomic E-state index is -0.957. The largest absolute Gasteiger partial charge is 0.358 e. The smallest absolute Gasteiger partial charge is 0.284 e. The van der Waals surface area contributed by atoms with Gasteiger partial charge in [0.05, 0.1) is 11.4 Å². The van der Waals surface area contributed by atoms with E-state index in [1.54, 1.807) is 43.5 Å². The molecule has 1 heterocycles. The fourth-order valence-electron chi connectivity index (χ4n) is 2.24.